The average molecular weight is 393 g/mol. The van der Waals surface area contributed by atoms with E-state index in [-0.39, 0.29) is 18.4 Å². The third-order valence-electron chi connectivity index (χ3n) is 4.64. The molecule has 1 N–H and O–H groups in total. The van der Waals surface area contributed by atoms with Crippen molar-refractivity contribution in [1.29, 1.82) is 0 Å². The Morgan fingerprint density at radius 1 is 1.15 bits per heavy atom. The molecule has 2 aromatic rings. The van der Waals surface area contributed by atoms with Crippen LogP contribution in [-0.4, -0.2) is 54.3 Å². The Hall–Kier alpha value is -2.32. The lowest BCUT2D eigenvalue weighted by Crippen LogP contribution is -2.52. The molecule has 8 heteroatoms. The van der Waals surface area contributed by atoms with Gasteiger partial charge in [0.25, 0.3) is 5.91 Å². The normalized spacial score (nSPS) is 15.7. The second-order valence-electron chi connectivity index (χ2n) is 6.42. The van der Waals surface area contributed by atoms with Gasteiger partial charge in [0.2, 0.25) is 5.91 Å². The van der Waals surface area contributed by atoms with Crippen molar-refractivity contribution in [2.45, 2.75) is 13.0 Å². The molecule has 1 aromatic heterocycles. The molecule has 1 atom stereocenters. The van der Waals surface area contributed by atoms with Crippen LogP contribution < -0.4 is 5.32 Å². The number of benzene rings is 1. The summed E-state index contributed by atoms with van der Waals surface area (Å²) >= 11 is 1.41. The predicted molar refractivity (Wildman–Crippen MR) is 99.6 cm³/mol. The van der Waals surface area contributed by atoms with Crippen LogP contribution in [0.4, 0.5) is 8.78 Å². The van der Waals surface area contributed by atoms with Crippen LogP contribution in [-0.2, 0) is 4.79 Å². The number of amides is 2. The molecule has 0 bridgehead atoms. The number of carbonyl (C=O) groups is 2. The van der Waals surface area contributed by atoms with Gasteiger partial charge < -0.3 is 15.1 Å². The smallest absolute Gasteiger partial charge is 0.264 e. The molecule has 5 nitrogen and oxygen atoms in total. The molecule has 1 aliphatic rings. The van der Waals surface area contributed by atoms with Crippen LogP contribution in [0.1, 0.15) is 28.2 Å². The van der Waals surface area contributed by atoms with Crippen molar-refractivity contribution >= 4 is 23.2 Å². The maximum Gasteiger partial charge on any atom is 0.264 e. The lowest BCUT2D eigenvalue weighted by Gasteiger charge is -2.34. The Morgan fingerprint density at radius 2 is 1.85 bits per heavy atom. The molecule has 2 amide bonds. The van der Waals surface area contributed by atoms with Crippen molar-refractivity contribution in [2.24, 2.45) is 0 Å². The minimum Gasteiger partial charge on any atom is -0.338 e. The van der Waals surface area contributed by atoms with Gasteiger partial charge in [0.05, 0.1) is 11.4 Å². The summed E-state index contributed by atoms with van der Waals surface area (Å²) in [5.74, 6) is -1.37. The molecule has 0 spiro atoms. The Labute approximate surface area is 160 Å². The van der Waals surface area contributed by atoms with Gasteiger partial charge in [-0.1, -0.05) is 12.1 Å². The highest BCUT2D eigenvalue weighted by Crippen LogP contribution is 2.18. The maximum atomic E-state index is 13.8. The SMILES string of the molecule is C[C@H](NCC(=O)N1CCN(C(=O)c2cccs2)CC1)c1ccc(F)cc1F. The topological polar surface area (TPSA) is 52.7 Å². The Morgan fingerprint density at radius 3 is 2.48 bits per heavy atom. The molecule has 0 radical (unpaired) electrons. The number of hydrogen-bond acceptors (Lipinski definition) is 4. The third kappa shape index (κ3) is 4.70. The van der Waals surface area contributed by atoms with Gasteiger partial charge in [0.1, 0.15) is 11.6 Å². The zero-order valence-electron chi connectivity index (χ0n) is 15.0. The number of carbonyl (C=O) groups excluding carboxylic acids is 2. The molecule has 1 aliphatic heterocycles. The first-order chi connectivity index (χ1) is 13.0. The summed E-state index contributed by atoms with van der Waals surface area (Å²) in [5.41, 5.74) is 0.315. The molecule has 3 rings (SSSR count). The number of thiophene rings is 1. The Kier molecular flexibility index (Phi) is 6.18. The van der Waals surface area contributed by atoms with E-state index in [1.54, 1.807) is 22.8 Å². The van der Waals surface area contributed by atoms with Gasteiger partial charge in [0, 0.05) is 43.9 Å². The zero-order chi connectivity index (χ0) is 19.4. The number of nitrogens with one attached hydrogen (secondary N) is 1. The maximum absolute atomic E-state index is 13.8. The van der Waals surface area contributed by atoms with E-state index in [1.165, 1.54) is 23.5 Å². The second-order valence-corrected chi connectivity index (χ2v) is 7.37. The highest BCUT2D eigenvalue weighted by Gasteiger charge is 2.25. The third-order valence-corrected chi connectivity index (χ3v) is 5.50. The quantitative estimate of drug-likeness (QED) is 0.850. The lowest BCUT2D eigenvalue weighted by molar-refractivity contribution is -0.131. The second kappa shape index (κ2) is 8.58. The van der Waals surface area contributed by atoms with Crippen molar-refractivity contribution in [3.8, 4) is 0 Å². The molecular formula is C19H21F2N3O2S. The van der Waals surface area contributed by atoms with Gasteiger partial charge in [-0.05, 0) is 24.4 Å². The fourth-order valence-electron chi connectivity index (χ4n) is 3.03. The summed E-state index contributed by atoms with van der Waals surface area (Å²) in [6.07, 6.45) is 0. The molecule has 1 fully saturated rings. The van der Waals surface area contributed by atoms with E-state index in [9.17, 15) is 18.4 Å². The summed E-state index contributed by atoms with van der Waals surface area (Å²) in [6.45, 7) is 3.70. The Balaban J connectivity index is 1.47. The van der Waals surface area contributed by atoms with Crippen molar-refractivity contribution in [3.05, 3.63) is 57.8 Å². The Bertz CT molecular complexity index is 805. The van der Waals surface area contributed by atoms with Crippen LogP contribution in [0.5, 0.6) is 0 Å². The van der Waals surface area contributed by atoms with Gasteiger partial charge in [-0.3, -0.25) is 9.59 Å². The van der Waals surface area contributed by atoms with E-state index in [1.807, 2.05) is 11.4 Å². The lowest BCUT2D eigenvalue weighted by atomic mass is 10.1. The van der Waals surface area contributed by atoms with Gasteiger partial charge in [-0.2, -0.15) is 0 Å². The first-order valence-electron chi connectivity index (χ1n) is 8.74. The monoisotopic (exact) mass is 393 g/mol. The predicted octanol–water partition coefficient (Wildman–Crippen LogP) is 2.66. The standard InChI is InChI=1S/C19H21F2N3O2S/c1-13(15-5-4-14(20)11-16(15)21)22-12-18(25)23-6-8-24(9-7-23)19(26)17-3-2-10-27-17/h2-5,10-11,13,22H,6-9,12H2,1H3/t13-/m0/s1. The number of piperazine rings is 1. The minimum absolute atomic E-state index is 0.00405. The molecule has 0 saturated carbocycles. The van der Waals surface area contributed by atoms with Crippen LogP contribution >= 0.6 is 11.3 Å². The van der Waals surface area contributed by atoms with Crippen molar-refractivity contribution in [3.63, 3.8) is 0 Å². The molecule has 27 heavy (non-hydrogen) atoms. The van der Waals surface area contributed by atoms with Crippen LogP contribution in [0.2, 0.25) is 0 Å². The van der Waals surface area contributed by atoms with Crippen LogP contribution in [0.3, 0.4) is 0 Å². The molecular weight excluding hydrogens is 372 g/mol. The number of nitrogens with zero attached hydrogens (tertiary/aromatic N) is 2. The van der Waals surface area contributed by atoms with E-state index < -0.39 is 17.7 Å². The van der Waals surface area contributed by atoms with Gasteiger partial charge in [0.15, 0.2) is 0 Å². The van der Waals surface area contributed by atoms with E-state index in [0.29, 0.717) is 36.6 Å². The fraction of sp³-hybridized carbons (Fsp3) is 0.368. The summed E-state index contributed by atoms with van der Waals surface area (Å²) in [7, 11) is 0. The van der Waals surface area contributed by atoms with E-state index in [2.05, 4.69) is 5.32 Å². The minimum atomic E-state index is -0.636. The fourth-order valence-corrected chi connectivity index (χ4v) is 3.72. The number of halogens is 2. The number of hydrogen-bond donors (Lipinski definition) is 1. The summed E-state index contributed by atoms with van der Waals surface area (Å²) in [6, 6.07) is 6.62. The largest absolute Gasteiger partial charge is 0.338 e. The van der Waals surface area contributed by atoms with Crippen molar-refractivity contribution in [2.75, 3.05) is 32.7 Å². The van der Waals surface area contributed by atoms with Crippen molar-refractivity contribution in [1.82, 2.24) is 15.1 Å². The first-order valence-corrected chi connectivity index (χ1v) is 9.62. The summed E-state index contributed by atoms with van der Waals surface area (Å²) < 4.78 is 26.8. The van der Waals surface area contributed by atoms with E-state index in [4.69, 9.17) is 0 Å². The zero-order valence-corrected chi connectivity index (χ0v) is 15.8. The van der Waals surface area contributed by atoms with Crippen LogP contribution in [0, 0.1) is 11.6 Å². The van der Waals surface area contributed by atoms with Gasteiger partial charge in [-0.25, -0.2) is 8.78 Å². The first kappa shape index (κ1) is 19.4. The molecule has 0 unspecified atom stereocenters. The highest BCUT2D eigenvalue weighted by atomic mass is 32.1. The molecule has 2 heterocycles. The molecule has 1 saturated heterocycles. The molecule has 1 aromatic carbocycles. The van der Waals surface area contributed by atoms with Gasteiger partial charge >= 0.3 is 0 Å². The van der Waals surface area contributed by atoms with Crippen LogP contribution in [0.15, 0.2) is 35.7 Å². The van der Waals surface area contributed by atoms with E-state index >= 15 is 0 Å². The highest BCUT2D eigenvalue weighted by molar-refractivity contribution is 7.12. The summed E-state index contributed by atoms with van der Waals surface area (Å²) in [5, 5.41) is 4.84. The molecule has 144 valence electrons. The number of rotatable bonds is 5. The van der Waals surface area contributed by atoms with E-state index in [0.717, 1.165) is 6.07 Å². The van der Waals surface area contributed by atoms with Crippen LogP contribution in [0.25, 0.3) is 0 Å². The molecule has 0 aliphatic carbocycles. The summed E-state index contributed by atoms with van der Waals surface area (Å²) in [4.78, 5) is 28.9. The van der Waals surface area contributed by atoms with Gasteiger partial charge in [-0.15, -0.1) is 11.3 Å². The van der Waals surface area contributed by atoms with Crippen molar-refractivity contribution < 1.29 is 18.4 Å². The average Bonchev–Trinajstić information content (AvgIpc) is 3.20.